The Hall–Kier alpha value is -1.39. The highest BCUT2D eigenvalue weighted by Gasteiger charge is 2.11. The summed E-state index contributed by atoms with van der Waals surface area (Å²) in [5.41, 5.74) is 2.57. The fourth-order valence-electron chi connectivity index (χ4n) is 1.81. The van der Waals surface area contributed by atoms with Gasteiger partial charge >= 0.3 is 0 Å². The molecule has 0 spiro atoms. The fraction of sp³-hybridized carbons (Fsp3) is 0.462. The van der Waals surface area contributed by atoms with Gasteiger partial charge in [0.2, 0.25) is 0 Å². The Morgan fingerprint density at radius 1 is 1.41 bits per heavy atom. The lowest BCUT2D eigenvalue weighted by molar-refractivity contribution is 0.0795. The lowest BCUT2D eigenvalue weighted by Crippen LogP contribution is -2.34. The van der Waals surface area contributed by atoms with Crippen LogP contribution in [0.2, 0.25) is 0 Å². The molecule has 1 aromatic heterocycles. The van der Waals surface area contributed by atoms with Gasteiger partial charge in [-0.05, 0) is 38.5 Å². The first-order valence-electron chi connectivity index (χ1n) is 5.82. The average molecular weight is 233 g/mol. The number of aryl methyl sites for hydroxylation is 1. The van der Waals surface area contributed by atoms with E-state index in [2.05, 4.69) is 27.4 Å². The van der Waals surface area contributed by atoms with Gasteiger partial charge in [-0.15, -0.1) is 0 Å². The summed E-state index contributed by atoms with van der Waals surface area (Å²) in [6, 6.07) is 6.16. The third kappa shape index (κ3) is 3.28. The van der Waals surface area contributed by atoms with Crippen LogP contribution in [0.25, 0.3) is 11.0 Å². The molecular weight excluding hydrogens is 214 g/mol. The largest absolute Gasteiger partial charge is 0.389 e. The number of aromatic nitrogens is 2. The number of nitrogens with zero attached hydrogens (tertiary/aromatic N) is 1. The Kier molecular flexibility index (Phi) is 3.17. The number of aliphatic hydroxyl groups is 1. The minimum atomic E-state index is -0.672. The molecule has 17 heavy (non-hydrogen) atoms. The number of imidazole rings is 1. The molecule has 3 N–H and O–H groups in total. The Morgan fingerprint density at radius 2 is 2.18 bits per heavy atom. The van der Waals surface area contributed by atoms with Crippen molar-refractivity contribution in [3.05, 3.63) is 29.6 Å². The Morgan fingerprint density at radius 3 is 2.88 bits per heavy atom. The van der Waals surface area contributed by atoms with Gasteiger partial charge in [-0.2, -0.15) is 0 Å². The highest BCUT2D eigenvalue weighted by molar-refractivity contribution is 5.75. The van der Waals surface area contributed by atoms with Crippen LogP contribution in [0.5, 0.6) is 0 Å². The van der Waals surface area contributed by atoms with E-state index in [0.29, 0.717) is 6.54 Å². The molecule has 1 heterocycles. The number of aromatic amines is 1. The highest BCUT2D eigenvalue weighted by Crippen LogP contribution is 2.13. The Bertz CT molecular complexity index is 511. The van der Waals surface area contributed by atoms with E-state index in [4.69, 9.17) is 0 Å². The molecule has 0 amide bonds. The van der Waals surface area contributed by atoms with E-state index in [1.165, 1.54) is 5.56 Å². The van der Waals surface area contributed by atoms with E-state index in [9.17, 15) is 5.11 Å². The molecule has 0 bridgehead atoms. The van der Waals surface area contributed by atoms with E-state index in [0.717, 1.165) is 23.4 Å². The third-order valence-corrected chi connectivity index (χ3v) is 2.55. The van der Waals surface area contributed by atoms with Crippen molar-refractivity contribution in [3.63, 3.8) is 0 Å². The van der Waals surface area contributed by atoms with Crippen LogP contribution < -0.4 is 5.32 Å². The summed E-state index contributed by atoms with van der Waals surface area (Å²) in [5, 5.41) is 12.8. The standard InChI is InChI=1S/C13H19N3O/c1-9-15-11-5-4-10(6-12(11)16-9)7-14-8-13(2,3)17/h4-6,14,17H,7-8H2,1-3H3,(H,15,16). The number of H-pyrrole nitrogens is 1. The molecule has 4 nitrogen and oxygen atoms in total. The summed E-state index contributed by atoms with van der Waals surface area (Å²) in [7, 11) is 0. The minimum Gasteiger partial charge on any atom is -0.389 e. The highest BCUT2D eigenvalue weighted by atomic mass is 16.3. The second-order valence-electron chi connectivity index (χ2n) is 5.09. The topological polar surface area (TPSA) is 60.9 Å². The van der Waals surface area contributed by atoms with Crippen LogP contribution in [0, 0.1) is 6.92 Å². The van der Waals surface area contributed by atoms with Crippen molar-refractivity contribution in [1.29, 1.82) is 0 Å². The van der Waals surface area contributed by atoms with E-state index in [1.807, 2.05) is 13.0 Å². The number of hydrogen-bond acceptors (Lipinski definition) is 3. The number of benzene rings is 1. The predicted octanol–water partition coefficient (Wildman–Crippen LogP) is 1.73. The molecular formula is C13H19N3O. The lowest BCUT2D eigenvalue weighted by atomic mass is 10.1. The summed E-state index contributed by atoms with van der Waals surface area (Å²) in [4.78, 5) is 7.58. The second kappa shape index (κ2) is 4.47. The SMILES string of the molecule is Cc1nc2ccc(CNCC(C)(C)O)cc2[nH]1. The van der Waals surface area contributed by atoms with Gasteiger partial charge in [0, 0.05) is 13.1 Å². The van der Waals surface area contributed by atoms with E-state index in [-0.39, 0.29) is 0 Å². The van der Waals surface area contributed by atoms with Crippen molar-refractivity contribution in [2.24, 2.45) is 0 Å². The molecule has 2 aromatic rings. The van der Waals surface area contributed by atoms with Gasteiger partial charge < -0.3 is 15.4 Å². The molecule has 0 fully saturated rings. The normalized spacial score (nSPS) is 12.2. The molecule has 0 radical (unpaired) electrons. The van der Waals surface area contributed by atoms with Crippen LogP contribution in [0.4, 0.5) is 0 Å². The van der Waals surface area contributed by atoms with Crippen LogP contribution in [0.1, 0.15) is 25.2 Å². The molecule has 0 saturated heterocycles. The third-order valence-electron chi connectivity index (χ3n) is 2.55. The summed E-state index contributed by atoms with van der Waals surface area (Å²) in [6.07, 6.45) is 0. The van der Waals surface area contributed by atoms with Crippen LogP contribution in [0.3, 0.4) is 0 Å². The van der Waals surface area contributed by atoms with Crippen LogP contribution in [0.15, 0.2) is 18.2 Å². The van der Waals surface area contributed by atoms with Crippen molar-refractivity contribution in [2.75, 3.05) is 6.54 Å². The van der Waals surface area contributed by atoms with E-state index < -0.39 is 5.60 Å². The zero-order chi connectivity index (χ0) is 12.5. The Labute approximate surface area is 101 Å². The average Bonchev–Trinajstić information content (AvgIpc) is 2.55. The maximum absolute atomic E-state index is 9.59. The molecule has 92 valence electrons. The molecule has 0 atom stereocenters. The first-order valence-corrected chi connectivity index (χ1v) is 5.82. The summed E-state index contributed by atoms with van der Waals surface area (Å²) in [6.45, 7) is 6.86. The first kappa shape index (κ1) is 12.1. The van der Waals surface area contributed by atoms with Crippen molar-refractivity contribution in [2.45, 2.75) is 32.9 Å². The van der Waals surface area contributed by atoms with Crippen molar-refractivity contribution in [3.8, 4) is 0 Å². The summed E-state index contributed by atoms with van der Waals surface area (Å²) < 4.78 is 0. The molecule has 2 rings (SSSR count). The van der Waals surface area contributed by atoms with Gasteiger partial charge in [-0.25, -0.2) is 4.98 Å². The number of nitrogens with one attached hydrogen (secondary N) is 2. The summed E-state index contributed by atoms with van der Waals surface area (Å²) >= 11 is 0. The quantitative estimate of drug-likeness (QED) is 0.753. The molecule has 0 unspecified atom stereocenters. The fourth-order valence-corrected chi connectivity index (χ4v) is 1.81. The zero-order valence-electron chi connectivity index (χ0n) is 10.5. The first-order chi connectivity index (χ1) is 7.94. The van der Waals surface area contributed by atoms with Gasteiger partial charge in [0.15, 0.2) is 0 Å². The molecule has 0 aliphatic carbocycles. The van der Waals surface area contributed by atoms with Gasteiger partial charge in [0.1, 0.15) is 5.82 Å². The smallest absolute Gasteiger partial charge is 0.104 e. The molecule has 0 aliphatic rings. The molecule has 0 aliphatic heterocycles. The zero-order valence-corrected chi connectivity index (χ0v) is 10.5. The maximum atomic E-state index is 9.59. The number of fused-ring (bicyclic) bond motifs is 1. The van der Waals surface area contributed by atoms with Crippen LogP contribution in [-0.2, 0) is 6.54 Å². The van der Waals surface area contributed by atoms with Gasteiger partial charge in [0.25, 0.3) is 0 Å². The van der Waals surface area contributed by atoms with Crippen molar-refractivity contribution < 1.29 is 5.11 Å². The minimum absolute atomic E-state index is 0.576. The molecule has 1 aromatic carbocycles. The van der Waals surface area contributed by atoms with Crippen LogP contribution in [-0.4, -0.2) is 27.2 Å². The molecule has 0 saturated carbocycles. The predicted molar refractivity (Wildman–Crippen MR) is 68.8 cm³/mol. The van der Waals surface area contributed by atoms with E-state index in [1.54, 1.807) is 13.8 Å². The maximum Gasteiger partial charge on any atom is 0.104 e. The van der Waals surface area contributed by atoms with Gasteiger partial charge in [-0.1, -0.05) is 6.07 Å². The number of rotatable bonds is 4. The van der Waals surface area contributed by atoms with Crippen molar-refractivity contribution in [1.82, 2.24) is 15.3 Å². The Balaban J connectivity index is 2.04. The van der Waals surface area contributed by atoms with Crippen LogP contribution >= 0.6 is 0 Å². The van der Waals surface area contributed by atoms with E-state index >= 15 is 0 Å². The number of hydrogen-bond donors (Lipinski definition) is 3. The van der Waals surface area contributed by atoms with Gasteiger partial charge in [0.05, 0.1) is 16.6 Å². The van der Waals surface area contributed by atoms with Crippen molar-refractivity contribution >= 4 is 11.0 Å². The second-order valence-corrected chi connectivity index (χ2v) is 5.09. The monoisotopic (exact) mass is 233 g/mol. The lowest BCUT2D eigenvalue weighted by Gasteiger charge is -2.17. The molecule has 4 heteroatoms. The summed E-state index contributed by atoms with van der Waals surface area (Å²) in [5.74, 6) is 0.932. The van der Waals surface area contributed by atoms with Gasteiger partial charge in [-0.3, -0.25) is 0 Å².